The lowest BCUT2D eigenvalue weighted by molar-refractivity contribution is 0.969. The first-order valence-electron chi connectivity index (χ1n) is 7.26. The van der Waals surface area contributed by atoms with E-state index in [2.05, 4.69) is 75.0 Å². The van der Waals surface area contributed by atoms with E-state index < -0.39 is 0 Å². The SMILES string of the molecule is CCc1ccc(-c2ccc3c(ccn3C)c2)c(C)c1C. The number of fused-ring (bicyclic) bond motifs is 1. The predicted octanol–water partition coefficient (Wildman–Crippen LogP) is 5.02. The molecule has 0 aliphatic heterocycles. The molecule has 0 atom stereocenters. The number of rotatable bonds is 2. The second kappa shape index (κ2) is 4.82. The summed E-state index contributed by atoms with van der Waals surface area (Å²) in [5, 5.41) is 1.31. The van der Waals surface area contributed by atoms with Crippen LogP contribution in [0.3, 0.4) is 0 Å². The number of nitrogens with zero attached hydrogens (tertiary/aromatic N) is 1. The molecule has 0 radical (unpaired) electrons. The molecule has 1 aromatic heterocycles. The van der Waals surface area contributed by atoms with Gasteiger partial charge >= 0.3 is 0 Å². The lowest BCUT2D eigenvalue weighted by atomic mass is 9.92. The first-order chi connectivity index (χ1) is 9.61. The first-order valence-corrected chi connectivity index (χ1v) is 7.26. The monoisotopic (exact) mass is 263 g/mol. The van der Waals surface area contributed by atoms with Gasteiger partial charge in [-0.15, -0.1) is 0 Å². The van der Waals surface area contributed by atoms with Crippen LogP contribution in [0.5, 0.6) is 0 Å². The van der Waals surface area contributed by atoms with Crippen molar-refractivity contribution in [2.45, 2.75) is 27.2 Å². The highest BCUT2D eigenvalue weighted by Gasteiger charge is 2.08. The second-order valence-electron chi connectivity index (χ2n) is 5.58. The molecule has 0 saturated heterocycles. The van der Waals surface area contributed by atoms with Crippen molar-refractivity contribution in [3.8, 4) is 11.1 Å². The molecule has 102 valence electrons. The van der Waals surface area contributed by atoms with E-state index in [1.165, 1.54) is 38.7 Å². The van der Waals surface area contributed by atoms with E-state index >= 15 is 0 Å². The maximum Gasteiger partial charge on any atom is 0.0478 e. The van der Waals surface area contributed by atoms with Crippen LogP contribution >= 0.6 is 0 Å². The summed E-state index contributed by atoms with van der Waals surface area (Å²) in [4.78, 5) is 0. The lowest BCUT2D eigenvalue weighted by Crippen LogP contribution is -1.93. The van der Waals surface area contributed by atoms with Gasteiger partial charge in [0.15, 0.2) is 0 Å². The molecule has 0 aliphatic rings. The first kappa shape index (κ1) is 13.0. The summed E-state index contributed by atoms with van der Waals surface area (Å²) in [7, 11) is 2.09. The molecule has 0 amide bonds. The molecule has 0 N–H and O–H groups in total. The summed E-state index contributed by atoms with van der Waals surface area (Å²) in [6.45, 7) is 6.69. The highest BCUT2D eigenvalue weighted by molar-refractivity contribution is 5.86. The average molecular weight is 263 g/mol. The largest absolute Gasteiger partial charge is 0.351 e. The minimum atomic E-state index is 1.10. The molecule has 0 bridgehead atoms. The Morgan fingerprint density at radius 1 is 0.950 bits per heavy atom. The van der Waals surface area contributed by atoms with Crippen molar-refractivity contribution >= 4 is 10.9 Å². The molecule has 0 saturated carbocycles. The van der Waals surface area contributed by atoms with E-state index in [1.54, 1.807) is 0 Å². The molecule has 0 fully saturated rings. The highest BCUT2D eigenvalue weighted by Crippen LogP contribution is 2.30. The molecule has 3 rings (SSSR count). The maximum atomic E-state index is 2.29. The van der Waals surface area contributed by atoms with E-state index in [0.717, 1.165) is 6.42 Å². The third kappa shape index (κ3) is 1.94. The number of aryl methyl sites for hydroxylation is 2. The van der Waals surface area contributed by atoms with Crippen LogP contribution in [0.25, 0.3) is 22.0 Å². The van der Waals surface area contributed by atoms with Crippen LogP contribution in [-0.4, -0.2) is 4.57 Å². The molecular weight excluding hydrogens is 242 g/mol. The summed E-state index contributed by atoms with van der Waals surface area (Å²) in [6.07, 6.45) is 3.22. The van der Waals surface area contributed by atoms with E-state index in [1.807, 2.05) is 0 Å². The quantitative estimate of drug-likeness (QED) is 0.611. The van der Waals surface area contributed by atoms with Crippen LogP contribution in [-0.2, 0) is 13.5 Å². The average Bonchev–Trinajstić information content (AvgIpc) is 2.83. The molecule has 0 unspecified atom stereocenters. The van der Waals surface area contributed by atoms with Gasteiger partial charge in [0.2, 0.25) is 0 Å². The van der Waals surface area contributed by atoms with Gasteiger partial charge in [0.1, 0.15) is 0 Å². The Hall–Kier alpha value is -2.02. The van der Waals surface area contributed by atoms with E-state index in [4.69, 9.17) is 0 Å². The second-order valence-corrected chi connectivity index (χ2v) is 5.58. The maximum absolute atomic E-state index is 2.29. The lowest BCUT2D eigenvalue weighted by Gasteiger charge is -2.13. The zero-order valence-corrected chi connectivity index (χ0v) is 12.7. The van der Waals surface area contributed by atoms with E-state index in [0.29, 0.717) is 0 Å². The van der Waals surface area contributed by atoms with Gasteiger partial charge in [-0.2, -0.15) is 0 Å². The standard InChI is InChI=1S/C19H21N/c1-5-15-6-8-18(14(3)13(15)2)16-7-9-19-17(12-16)10-11-20(19)4/h6-12H,5H2,1-4H3. The highest BCUT2D eigenvalue weighted by atomic mass is 14.9. The van der Waals surface area contributed by atoms with Gasteiger partial charge in [-0.1, -0.05) is 25.1 Å². The molecule has 1 nitrogen and oxygen atoms in total. The summed E-state index contributed by atoms with van der Waals surface area (Å²) < 4.78 is 2.16. The number of hydrogen-bond donors (Lipinski definition) is 0. The van der Waals surface area contributed by atoms with Crippen LogP contribution in [0.2, 0.25) is 0 Å². The predicted molar refractivity (Wildman–Crippen MR) is 87.2 cm³/mol. The molecule has 20 heavy (non-hydrogen) atoms. The fourth-order valence-electron chi connectivity index (χ4n) is 3.02. The Balaban J connectivity index is 2.18. The fourth-order valence-corrected chi connectivity index (χ4v) is 3.02. The van der Waals surface area contributed by atoms with Crippen LogP contribution in [0.1, 0.15) is 23.6 Å². The van der Waals surface area contributed by atoms with Crippen molar-refractivity contribution in [2.24, 2.45) is 7.05 Å². The molecule has 1 heterocycles. The Morgan fingerprint density at radius 2 is 1.75 bits per heavy atom. The van der Waals surface area contributed by atoms with Crippen LogP contribution < -0.4 is 0 Å². The molecule has 0 spiro atoms. The van der Waals surface area contributed by atoms with Crippen molar-refractivity contribution < 1.29 is 0 Å². The zero-order chi connectivity index (χ0) is 14.3. The molecular formula is C19H21N. The van der Waals surface area contributed by atoms with Crippen molar-refractivity contribution in [3.05, 3.63) is 59.3 Å². The van der Waals surface area contributed by atoms with Gasteiger partial charge in [-0.25, -0.2) is 0 Å². The third-order valence-electron chi connectivity index (χ3n) is 4.48. The van der Waals surface area contributed by atoms with Crippen molar-refractivity contribution in [2.75, 3.05) is 0 Å². The Labute approximate surface area is 120 Å². The van der Waals surface area contributed by atoms with E-state index in [-0.39, 0.29) is 0 Å². The van der Waals surface area contributed by atoms with Crippen LogP contribution in [0.15, 0.2) is 42.6 Å². The Morgan fingerprint density at radius 3 is 2.50 bits per heavy atom. The van der Waals surface area contributed by atoms with Crippen molar-refractivity contribution in [1.82, 2.24) is 4.57 Å². The summed E-state index contributed by atoms with van der Waals surface area (Å²) in [5.41, 5.74) is 8.23. The molecule has 2 aromatic carbocycles. The van der Waals surface area contributed by atoms with Gasteiger partial charge in [0.25, 0.3) is 0 Å². The third-order valence-corrected chi connectivity index (χ3v) is 4.48. The fraction of sp³-hybridized carbons (Fsp3) is 0.263. The van der Waals surface area contributed by atoms with Crippen molar-refractivity contribution in [1.29, 1.82) is 0 Å². The normalized spacial score (nSPS) is 11.2. The molecule has 3 aromatic rings. The van der Waals surface area contributed by atoms with Gasteiger partial charge in [-0.3, -0.25) is 0 Å². The number of benzene rings is 2. The smallest absolute Gasteiger partial charge is 0.0478 e. The van der Waals surface area contributed by atoms with Gasteiger partial charge in [0, 0.05) is 24.1 Å². The number of hydrogen-bond acceptors (Lipinski definition) is 0. The van der Waals surface area contributed by atoms with Crippen LogP contribution in [0.4, 0.5) is 0 Å². The Bertz CT molecular complexity index is 778. The summed E-state index contributed by atoms with van der Waals surface area (Å²) in [6, 6.07) is 13.5. The number of aromatic nitrogens is 1. The van der Waals surface area contributed by atoms with Gasteiger partial charge in [-0.05, 0) is 66.3 Å². The van der Waals surface area contributed by atoms with Crippen LogP contribution in [0, 0.1) is 13.8 Å². The zero-order valence-electron chi connectivity index (χ0n) is 12.7. The molecule has 0 aliphatic carbocycles. The van der Waals surface area contributed by atoms with Gasteiger partial charge < -0.3 is 4.57 Å². The van der Waals surface area contributed by atoms with Crippen molar-refractivity contribution in [3.63, 3.8) is 0 Å². The summed E-state index contributed by atoms with van der Waals surface area (Å²) >= 11 is 0. The van der Waals surface area contributed by atoms with Gasteiger partial charge in [0.05, 0.1) is 0 Å². The van der Waals surface area contributed by atoms with E-state index in [9.17, 15) is 0 Å². The topological polar surface area (TPSA) is 4.93 Å². The molecule has 1 heteroatoms. The minimum Gasteiger partial charge on any atom is -0.351 e. The Kier molecular flexibility index (Phi) is 3.13. The minimum absolute atomic E-state index is 1.10. The summed E-state index contributed by atoms with van der Waals surface area (Å²) in [5.74, 6) is 0.